The normalized spacial score (nSPS) is 12.5. The monoisotopic (exact) mass is 245 g/mol. The van der Waals surface area contributed by atoms with Gasteiger partial charge in [0.1, 0.15) is 0 Å². The van der Waals surface area contributed by atoms with Crippen LogP contribution >= 0.6 is 0 Å². The van der Waals surface area contributed by atoms with Crippen molar-refractivity contribution in [1.29, 1.82) is 0 Å². The zero-order chi connectivity index (χ0) is 12.6. The van der Waals surface area contributed by atoms with Crippen molar-refractivity contribution in [2.45, 2.75) is 38.8 Å². The average molecular weight is 245 g/mol. The lowest BCUT2D eigenvalue weighted by molar-refractivity contribution is 0.401. The number of hydrogen-bond donors (Lipinski definition) is 1. The molecule has 0 fully saturated rings. The van der Waals surface area contributed by atoms with Crippen LogP contribution in [0.25, 0.3) is 0 Å². The van der Waals surface area contributed by atoms with E-state index in [1.807, 2.05) is 6.07 Å². The molecule has 0 aliphatic carbocycles. The molecule has 0 saturated carbocycles. The van der Waals surface area contributed by atoms with E-state index in [0.29, 0.717) is 18.4 Å². The van der Waals surface area contributed by atoms with E-state index in [4.69, 9.17) is 4.52 Å². The van der Waals surface area contributed by atoms with Crippen LogP contribution in [0.5, 0.6) is 0 Å². The first-order valence-corrected chi connectivity index (χ1v) is 6.43. The topological polar surface area (TPSA) is 51.0 Å². The molecule has 1 unspecified atom stereocenters. The molecule has 1 atom stereocenters. The van der Waals surface area contributed by atoms with E-state index in [0.717, 1.165) is 6.42 Å². The molecule has 1 N–H and O–H groups in total. The molecule has 2 aromatic rings. The quantitative estimate of drug-likeness (QED) is 0.814. The van der Waals surface area contributed by atoms with Gasteiger partial charge in [0.15, 0.2) is 5.82 Å². The second-order valence-electron chi connectivity index (χ2n) is 4.33. The lowest BCUT2D eigenvalue weighted by atomic mass is 10.0. The Morgan fingerprint density at radius 2 is 2.11 bits per heavy atom. The summed E-state index contributed by atoms with van der Waals surface area (Å²) in [5.74, 6) is 0.701. The van der Waals surface area contributed by atoms with Crippen molar-refractivity contribution in [3.05, 3.63) is 48.1 Å². The number of hydrogen-bond acceptors (Lipinski definition) is 4. The first-order chi connectivity index (χ1) is 8.90. The average Bonchev–Trinajstić information content (AvgIpc) is 2.93. The van der Waals surface area contributed by atoms with Gasteiger partial charge in [0.2, 0.25) is 6.39 Å². The highest BCUT2D eigenvalue weighted by Gasteiger charge is 2.11. The number of nitrogens with zero attached hydrogens (tertiary/aromatic N) is 2. The smallest absolute Gasteiger partial charge is 0.213 e. The van der Waals surface area contributed by atoms with Crippen LogP contribution in [-0.4, -0.2) is 10.1 Å². The Labute approximate surface area is 107 Å². The van der Waals surface area contributed by atoms with Gasteiger partial charge in [0.25, 0.3) is 0 Å². The summed E-state index contributed by atoms with van der Waals surface area (Å²) in [5, 5.41) is 7.30. The highest BCUT2D eigenvalue weighted by molar-refractivity contribution is 5.18. The number of benzene rings is 1. The second kappa shape index (κ2) is 6.91. The van der Waals surface area contributed by atoms with Crippen molar-refractivity contribution in [2.24, 2.45) is 0 Å². The van der Waals surface area contributed by atoms with Crippen molar-refractivity contribution in [3.8, 4) is 0 Å². The summed E-state index contributed by atoms with van der Waals surface area (Å²) in [5.41, 5.74) is 1.31. The fraction of sp³-hybridized carbons (Fsp3) is 0.429. The SMILES string of the molecule is CCCCC(NCc1ncon1)c1ccccc1. The lowest BCUT2D eigenvalue weighted by Gasteiger charge is -2.18. The van der Waals surface area contributed by atoms with Gasteiger partial charge in [-0.05, 0) is 12.0 Å². The summed E-state index contributed by atoms with van der Waals surface area (Å²) in [6, 6.07) is 10.9. The van der Waals surface area contributed by atoms with Gasteiger partial charge in [-0.1, -0.05) is 55.3 Å². The van der Waals surface area contributed by atoms with Crippen LogP contribution in [0.15, 0.2) is 41.2 Å². The third-order valence-corrected chi connectivity index (χ3v) is 2.96. The number of unbranched alkanes of at least 4 members (excludes halogenated alkanes) is 1. The van der Waals surface area contributed by atoms with Gasteiger partial charge in [-0.15, -0.1) is 0 Å². The van der Waals surface area contributed by atoms with Crippen LogP contribution in [0.1, 0.15) is 43.6 Å². The van der Waals surface area contributed by atoms with E-state index in [1.54, 1.807) is 0 Å². The van der Waals surface area contributed by atoms with Gasteiger partial charge in [-0.25, -0.2) is 0 Å². The molecule has 1 aromatic carbocycles. The van der Waals surface area contributed by atoms with Gasteiger partial charge >= 0.3 is 0 Å². The second-order valence-corrected chi connectivity index (χ2v) is 4.33. The van der Waals surface area contributed by atoms with Crippen molar-refractivity contribution in [3.63, 3.8) is 0 Å². The van der Waals surface area contributed by atoms with Crippen LogP contribution in [0.3, 0.4) is 0 Å². The van der Waals surface area contributed by atoms with Crippen LogP contribution in [0, 0.1) is 0 Å². The third kappa shape index (κ3) is 3.67. The van der Waals surface area contributed by atoms with Gasteiger partial charge in [0.05, 0.1) is 6.54 Å². The van der Waals surface area contributed by atoms with Crippen LogP contribution in [0.4, 0.5) is 0 Å². The molecule has 0 spiro atoms. The maximum atomic E-state index is 4.73. The zero-order valence-electron chi connectivity index (χ0n) is 10.7. The van der Waals surface area contributed by atoms with Crippen LogP contribution in [-0.2, 0) is 6.54 Å². The standard InChI is InChI=1S/C14H19N3O/c1-2-3-9-13(12-7-5-4-6-8-12)15-10-14-16-11-18-17-14/h4-8,11,13,15H,2-3,9-10H2,1H3. The van der Waals surface area contributed by atoms with Crippen molar-refractivity contribution in [2.75, 3.05) is 0 Å². The molecule has 2 rings (SSSR count). The lowest BCUT2D eigenvalue weighted by Crippen LogP contribution is -2.21. The molecule has 0 aliphatic heterocycles. The Morgan fingerprint density at radius 1 is 1.28 bits per heavy atom. The molecule has 4 heteroatoms. The van der Waals surface area contributed by atoms with E-state index in [2.05, 4.69) is 46.6 Å². The Kier molecular flexibility index (Phi) is 4.90. The first-order valence-electron chi connectivity index (χ1n) is 6.43. The fourth-order valence-corrected chi connectivity index (χ4v) is 1.96. The van der Waals surface area contributed by atoms with Crippen molar-refractivity contribution >= 4 is 0 Å². The van der Waals surface area contributed by atoms with Crippen LogP contribution < -0.4 is 5.32 Å². The molecule has 0 bridgehead atoms. The van der Waals surface area contributed by atoms with Crippen LogP contribution in [0.2, 0.25) is 0 Å². The molecule has 96 valence electrons. The van der Waals surface area contributed by atoms with E-state index in [9.17, 15) is 0 Å². The Morgan fingerprint density at radius 3 is 2.78 bits per heavy atom. The Hall–Kier alpha value is -1.68. The third-order valence-electron chi connectivity index (χ3n) is 2.96. The zero-order valence-corrected chi connectivity index (χ0v) is 10.7. The Bertz CT molecular complexity index is 428. The molecular formula is C14H19N3O. The van der Waals surface area contributed by atoms with Gasteiger partial charge < -0.3 is 9.84 Å². The van der Waals surface area contributed by atoms with Gasteiger partial charge in [-0.2, -0.15) is 4.98 Å². The maximum Gasteiger partial charge on any atom is 0.213 e. The molecule has 0 saturated heterocycles. The number of nitrogens with one attached hydrogen (secondary N) is 1. The van der Waals surface area contributed by atoms with Gasteiger partial charge in [-0.3, -0.25) is 0 Å². The minimum atomic E-state index is 0.352. The summed E-state index contributed by atoms with van der Waals surface area (Å²) in [7, 11) is 0. The molecule has 0 amide bonds. The summed E-state index contributed by atoms with van der Waals surface area (Å²) >= 11 is 0. The van der Waals surface area contributed by atoms with E-state index in [1.165, 1.54) is 24.8 Å². The van der Waals surface area contributed by atoms with Gasteiger partial charge in [0, 0.05) is 6.04 Å². The van der Waals surface area contributed by atoms with E-state index < -0.39 is 0 Å². The molecule has 18 heavy (non-hydrogen) atoms. The van der Waals surface area contributed by atoms with Crippen molar-refractivity contribution in [1.82, 2.24) is 15.5 Å². The highest BCUT2D eigenvalue weighted by Crippen LogP contribution is 2.19. The first kappa shape index (κ1) is 12.8. The predicted molar refractivity (Wildman–Crippen MR) is 69.8 cm³/mol. The number of aromatic nitrogens is 2. The molecule has 4 nitrogen and oxygen atoms in total. The molecular weight excluding hydrogens is 226 g/mol. The predicted octanol–water partition coefficient (Wildman–Crippen LogP) is 3.09. The van der Waals surface area contributed by atoms with Crippen molar-refractivity contribution < 1.29 is 4.52 Å². The molecule has 0 aliphatic rings. The van der Waals surface area contributed by atoms with E-state index in [-0.39, 0.29) is 0 Å². The minimum Gasteiger partial charge on any atom is -0.343 e. The molecule has 1 heterocycles. The summed E-state index contributed by atoms with van der Waals surface area (Å²) < 4.78 is 4.73. The molecule has 1 aromatic heterocycles. The Balaban J connectivity index is 1.96. The summed E-state index contributed by atoms with van der Waals surface area (Å²) in [6.45, 7) is 2.85. The summed E-state index contributed by atoms with van der Waals surface area (Å²) in [4.78, 5) is 4.02. The largest absolute Gasteiger partial charge is 0.343 e. The fourth-order valence-electron chi connectivity index (χ4n) is 1.96. The summed E-state index contributed by atoms with van der Waals surface area (Å²) in [6.07, 6.45) is 4.89. The molecule has 0 radical (unpaired) electrons. The minimum absolute atomic E-state index is 0.352. The van der Waals surface area contributed by atoms with E-state index >= 15 is 0 Å². The maximum absolute atomic E-state index is 4.73. The highest BCUT2D eigenvalue weighted by atomic mass is 16.5. The number of rotatable bonds is 7.